The third-order valence-electron chi connectivity index (χ3n) is 2.99. The lowest BCUT2D eigenvalue weighted by atomic mass is 10.3. The van der Waals surface area contributed by atoms with Crippen molar-refractivity contribution in [3.63, 3.8) is 0 Å². The molecule has 2 aromatic heterocycles. The van der Waals surface area contributed by atoms with Crippen LogP contribution in [0.4, 0.5) is 5.95 Å². The maximum atomic E-state index is 6.06. The highest BCUT2D eigenvalue weighted by Gasteiger charge is 2.12. The Balaban J connectivity index is 2.09. The fourth-order valence-corrected chi connectivity index (χ4v) is 4.19. The van der Waals surface area contributed by atoms with Crippen LogP contribution in [0.2, 0.25) is 5.02 Å². The van der Waals surface area contributed by atoms with Gasteiger partial charge < -0.3 is 5.32 Å². The van der Waals surface area contributed by atoms with Crippen LogP contribution in [0, 0.1) is 0 Å². The minimum absolute atomic E-state index is 0.650. The van der Waals surface area contributed by atoms with Crippen molar-refractivity contribution < 1.29 is 0 Å². The van der Waals surface area contributed by atoms with Crippen molar-refractivity contribution in [2.45, 2.75) is 23.3 Å². The first kappa shape index (κ1) is 14.6. The zero-order valence-corrected chi connectivity index (χ0v) is 14.1. The summed E-state index contributed by atoms with van der Waals surface area (Å²) in [4.78, 5) is 12.6. The molecule has 1 N–H and O–H groups in total. The Hall–Kier alpha value is -1.30. The van der Waals surface area contributed by atoms with Crippen LogP contribution in [0.1, 0.15) is 11.8 Å². The molecule has 0 aliphatic heterocycles. The molecular weight excluding hydrogens is 322 g/mol. The lowest BCUT2D eigenvalue weighted by Crippen LogP contribution is -1.96. The maximum absolute atomic E-state index is 6.06. The van der Waals surface area contributed by atoms with Crippen LogP contribution >= 0.6 is 34.7 Å². The van der Waals surface area contributed by atoms with E-state index < -0.39 is 0 Å². The average molecular weight is 336 g/mol. The van der Waals surface area contributed by atoms with Gasteiger partial charge in [0, 0.05) is 27.2 Å². The number of benzene rings is 1. The van der Waals surface area contributed by atoms with Crippen molar-refractivity contribution in [1.82, 2.24) is 9.97 Å². The van der Waals surface area contributed by atoms with Gasteiger partial charge in [-0.1, -0.05) is 36.4 Å². The number of anilines is 1. The first-order chi connectivity index (χ1) is 10.2. The summed E-state index contributed by atoms with van der Waals surface area (Å²) in [6.07, 6.45) is 1.01. The number of fused-ring (bicyclic) bond motifs is 1. The fraction of sp³-hybridized carbons (Fsp3) is 0.200. The summed E-state index contributed by atoms with van der Waals surface area (Å²) in [7, 11) is 1.84. The highest BCUT2D eigenvalue weighted by molar-refractivity contribution is 7.99. The smallest absolute Gasteiger partial charge is 0.224 e. The molecule has 0 bridgehead atoms. The number of halogens is 1. The van der Waals surface area contributed by atoms with Crippen LogP contribution < -0.4 is 5.32 Å². The van der Waals surface area contributed by atoms with Crippen molar-refractivity contribution in [2.75, 3.05) is 12.4 Å². The minimum Gasteiger partial charge on any atom is -0.357 e. The molecule has 0 saturated carbocycles. The van der Waals surface area contributed by atoms with Crippen LogP contribution in [-0.4, -0.2) is 17.0 Å². The first-order valence-electron chi connectivity index (χ1n) is 6.61. The van der Waals surface area contributed by atoms with Gasteiger partial charge in [-0.05, 0) is 30.7 Å². The summed E-state index contributed by atoms with van der Waals surface area (Å²) in [6.45, 7) is 2.15. The molecule has 0 amide bonds. The van der Waals surface area contributed by atoms with Crippen molar-refractivity contribution in [3.05, 3.63) is 40.2 Å². The summed E-state index contributed by atoms with van der Waals surface area (Å²) in [5.41, 5.74) is 0. The van der Waals surface area contributed by atoms with E-state index in [1.54, 1.807) is 23.1 Å². The fourth-order valence-electron chi connectivity index (χ4n) is 1.95. The van der Waals surface area contributed by atoms with Crippen LogP contribution in [0.3, 0.4) is 0 Å². The number of nitrogens with zero attached hydrogens (tertiary/aromatic N) is 2. The molecule has 0 radical (unpaired) electrons. The van der Waals surface area contributed by atoms with Crippen molar-refractivity contribution in [2.24, 2.45) is 0 Å². The Morgan fingerprint density at radius 2 is 2.14 bits per heavy atom. The molecule has 3 nitrogen and oxygen atoms in total. The quantitative estimate of drug-likeness (QED) is 0.673. The van der Waals surface area contributed by atoms with E-state index in [9.17, 15) is 0 Å². The third kappa shape index (κ3) is 3.15. The van der Waals surface area contributed by atoms with Crippen LogP contribution in [-0.2, 0) is 6.42 Å². The van der Waals surface area contributed by atoms with Crippen LogP contribution in [0.15, 0.2) is 40.3 Å². The predicted octanol–water partition coefficient (Wildman–Crippen LogP) is 5.10. The molecule has 2 heterocycles. The topological polar surface area (TPSA) is 37.8 Å². The molecule has 0 saturated heterocycles. The molecular formula is C15H14ClN3S2. The molecule has 1 aromatic carbocycles. The molecule has 0 spiro atoms. The van der Waals surface area contributed by atoms with Gasteiger partial charge in [0.25, 0.3) is 0 Å². The number of thiophene rings is 1. The normalized spacial score (nSPS) is 11.0. The van der Waals surface area contributed by atoms with Crippen LogP contribution in [0.5, 0.6) is 0 Å². The number of nitrogens with one attached hydrogen (secondary N) is 1. The van der Waals surface area contributed by atoms with Gasteiger partial charge in [-0.15, -0.1) is 11.3 Å². The van der Waals surface area contributed by atoms with Gasteiger partial charge in [0.15, 0.2) is 0 Å². The average Bonchev–Trinajstić information content (AvgIpc) is 2.90. The molecule has 3 rings (SSSR count). The first-order valence-corrected chi connectivity index (χ1v) is 8.62. The van der Waals surface area contributed by atoms with E-state index in [-0.39, 0.29) is 0 Å². The summed E-state index contributed by atoms with van der Waals surface area (Å²) in [6, 6.07) is 10.0. The van der Waals surface area contributed by atoms with E-state index in [1.807, 2.05) is 31.3 Å². The lowest BCUT2D eigenvalue weighted by molar-refractivity contribution is 1.10. The summed E-state index contributed by atoms with van der Waals surface area (Å²) in [5.74, 6) is 0.650. The number of rotatable bonds is 4. The highest BCUT2D eigenvalue weighted by atomic mass is 35.5. The van der Waals surface area contributed by atoms with Gasteiger partial charge in [-0.2, -0.15) is 0 Å². The largest absolute Gasteiger partial charge is 0.357 e. The minimum atomic E-state index is 0.650. The van der Waals surface area contributed by atoms with E-state index in [4.69, 9.17) is 11.6 Å². The Morgan fingerprint density at radius 1 is 1.29 bits per heavy atom. The Bertz CT molecular complexity index is 786. The standard InChI is InChI=1S/C15H14ClN3S2/c1-3-10-8-12-13(20-10)18-15(17-2)19-14(12)21-11-6-4-5-9(16)7-11/h4-8H,3H2,1-2H3,(H,17,18,19). The second kappa shape index (κ2) is 6.22. The molecule has 108 valence electrons. The maximum Gasteiger partial charge on any atom is 0.224 e. The second-order valence-electron chi connectivity index (χ2n) is 4.45. The van der Waals surface area contributed by atoms with E-state index in [0.29, 0.717) is 5.95 Å². The number of hydrogen-bond donors (Lipinski definition) is 1. The molecule has 0 fully saturated rings. The second-order valence-corrected chi connectivity index (χ2v) is 7.06. The van der Waals surface area contributed by atoms with Crippen molar-refractivity contribution >= 4 is 50.9 Å². The molecule has 0 unspecified atom stereocenters. The Kier molecular flexibility index (Phi) is 4.33. The van der Waals surface area contributed by atoms with Gasteiger partial charge in [0.2, 0.25) is 5.95 Å². The molecule has 0 aliphatic rings. The van der Waals surface area contributed by atoms with Gasteiger partial charge in [0.05, 0.1) is 0 Å². The van der Waals surface area contributed by atoms with Gasteiger partial charge in [0.1, 0.15) is 9.86 Å². The number of hydrogen-bond acceptors (Lipinski definition) is 5. The van der Waals surface area contributed by atoms with Gasteiger partial charge >= 0.3 is 0 Å². The van der Waals surface area contributed by atoms with Crippen molar-refractivity contribution in [1.29, 1.82) is 0 Å². The van der Waals surface area contributed by atoms with Crippen molar-refractivity contribution in [3.8, 4) is 0 Å². The molecule has 0 aliphatic carbocycles. The SMILES string of the molecule is CCc1cc2c(Sc3cccc(Cl)c3)nc(NC)nc2s1. The number of aromatic nitrogens is 2. The van der Waals surface area contributed by atoms with Gasteiger partial charge in [-0.3, -0.25) is 0 Å². The van der Waals surface area contributed by atoms with Gasteiger partial charge in [-0.25, -0.2) is 9.97 Å². The Morgan fingerprint density at radius 3 is 2.86 bits per heavy atom. The monoisotopic (exact) mass is 335 g/mol. The van der Waals surface area contributed by atoms with E-state index in [0.717, 1.165) is 31.6 Å². The van der Waals surface area contributed by atoms with Crippen LogP contribution in [0.25, 0.3) is 10.2 Å². The molecule has 0 atom stereocenters. The predicted molar refractivity (Wildman–Crippen MR) is 91.9 cm³/mol. The third-order valence-corrected chi connectivity index (χ3v) is 5.39. The zero-order valence-electron chi connectivity index (χ0n) is 11.7. The molecule has 21 heavy (non-hydrogen) atoms. The van der Waals surface area contributed by atoms with E-state index in [2.05, 4.69) is 28.3 Å². The summed E-state index contributed by atoms with van der Waals surface area (Å²) in [5, 5.41) is 5.84. The van der Waals surface area contributed by atoms with E-state index >= 15 is 0 Å². The summed E-state index contributed by atoms with van der Waals surface area (Å²) < 4.78 is 0. The zero-order chi connectivity index (χ0) is 14.8. The summed E-state index contributed by atoms with van der Waals surface area (Å²) >= 11 is 9.40. The Labute approximate surface area is 136 Å². The van der Waals surface area contributed by atoms with E-state index in [1.165, 1.54) is 4.88 Å². The number of aryl methyl sites for hydroxylation is 1. The molecule has 6 heteroatoms. The molecule has 3 aromatic rings. The highest BCUT2D eigenvalue weighted by Crippen LogP contribution is 2.36. The lowest BCUT2D eigenvalue weighted by Gasteiger charge is -2.05.